The summed E-state index contributed by atoms with van der Waals surface area (Å²) in [4.78, 5) is 10.4. The van der Waals surface area contributed by atoms with Crippen molar-refractivity contribution in [1.82, 2.24) is 0 Å². The minimum Gasteiger partial charge on any atom is -0.490 e. The molecule has 1 fully saturated rings. The van der Waals surface area contributed by atoms with Gasteiger partial charge in [-0.15, -0.1) is 0 Å². The zero-order chi connectivity index (χ0) is 15.1. The van der Waals surface area contributed by atoms with Crippen LogP contribution in [0.1, 0.15) is 32.1 Å². The standard InChI is InChI=1S/C15H22N2O4/c1-20-15-11-12(7-8-14(15)17(18)19)16-9-10-21-13-5-3-2-4-6-13/h7-8,11,13,16H,2-6,9-10H2,1H3. The SMILES string of the molecule is COc1cc(NCCOC2CCCCC2)ccc1[N+](=O)[O-]. The Hall–Kier alpha value is -1.82. The van der Waals surface area contributed by atoms with E-state index in [1.165, 1.54) is 32.4 Å². The molecule has 1 aromatic carbocycles. The number of ether oxygens (including phenoxy) is 2. The molecule has 0 heterocycles. The van der Waals surface area contributed by atoms with Crippen LogP contribution >= 0.6 is 0 Å². The van der Waals surface area contributed by atoms with E-state index in [1.807, 2.05) is 0 Å². The first-order valence-electron chi connectivity index (χ1n) is 7.38. The number of hydrogen-bond acceptors (Lipinski definition) is 5. The maximum atomic E-state index is 10.8. The van der Waals surface area contributed by atoms with Crippen LogP contribution in [0.2, 0.25) is 0 Å². The first-order valence-corrected chi connectivity index (χ1v) is 7.38. The summed E-state index contributed by atoms with van der Waals surface area (Å²) in [5.41, 5.74) is 0.770. The number of rotatable bonds is 7. The Morgan fingerprint density at radius 3 is 2.76 bits per heavy atom. The van der Waals surface area contributed by atoms with Crippen LogP contribution in [0.4, 0.5) is 11.4 Å². The van der Waals surface area contributed by atoms with Crippen LogP contribution in [0.25, 0.3) is 0 Å². The maximum absolute atomic E-state index is 10.8. The molecule has 2 rings (SSSR count). The van der Waals surface area contributed by atoms with Crippen molar-refractivity contribution in [2.75, 3.05) is 25.6 Å². The molecule has 0 bridgehead atoms. The smallest absolute Gasteiger partial charge is 0.311 e. The van der Waals surface area contributed by atoms with Crippen LogP contribution in [0.5, 0.6) is 5.75 Å². The second kappa shape index (κ2) is 7.83. The summed E-state index contributed by atoms with van der Waals surface area (Å²) in [7, 11) is 1.43. The van der Waals surface area contributed by atoms with E-state index < -0.39 is 4.92 Å². The third kappa shape index (κ3) is 4.60. The molecule has 1 aliphatic carbocycles. The van der Waals surface area contributed by atoms with Gasteiger partial charge in [-0.05, 0) is 18.9 Å². The van der Waals surface area contributed by atoms with Crippen molar-refractivity contribution in [3.05, 3.63) is 28.3 Å². The van der Waals surface area contributed by atoms with E-state index in [-0.39, 0.29) is 11.4 Å². The third-order valence-corrected chi connectivity index (χ3v) is 3.71. The normalized spacial score (nSPS) is 15.7. The number of nitro benzene ring substituents is 1. The molecule has 0 radical (unpaired) electrons. The summed E-state index contributed by atoms with van der Waals surface area (Å²) in [5.74, 6) is 0.262. The molecule has 0 aliphatic heterocycles. The summed E-state index contributed by atoms with van der Waals surface area (Å²) in [5, 5.41) is 14.0. The van der Waals surface area contributed by atoms with Gasteiger partial charge in [0.2, 0.25) is 0 Å². The van der Waals surface area contributed by atoms with Crippen molar-refractivity contribution < 1.29 is 14.4 Å². The minimum atomic E-state index is -0.450. The van der Waals surface area contributed by atoms with Crippen LogP contribution in [0.3, 0.4) is 0 Å². The Balaban J connectivity index is 1.78. The molecule has 0 spiro atoms. The van der Waals surface area contributed by atoms with Gasteiger partial charge in [0, 0.05) is 24.4 Å². The van der Waals surface area contributed by atoms with E-state index in [9.17, 15) is 10.1 Å². The molecule has 1 saturated carbocycles. The summed E-state index contributed by atoms with van der Waals surface area (Å²) in [6.45, 7) is 1.32. The molecule has 116 valence electrons. The van der Waals surface area contributed by atoms with Gasteiger partial charge in [-0.25, -0.2) is 0 Å². The highest BCUT2D eigenvalue weighted by atomic mass is 16.6. The Morgan fingerprint density at radius 1 is 1.33 bits per heavy atom. The van der Waals surface area contributed by atoms with E-state index in [0.29, 0.717) is 19.3 Å². The fourth-order valence-electron chi connectivity index (χ4n) is 2.59. The number of anilines is 1. The second-order valence-electron chi connectivity index (χ2n) is 5.20. The van der Waals surface area contributed by atoms with Gasteiger partial charge in [0.15, 0.2) is 5.75 Å². The van der Waals surface area contributed by atoms with Crippen molar-refractivity contribution in [2.45, 2.75) is 38.2 Å². The number of nitrogens with one attached hydrogen (secondary N) is 1. The Kier molecular flexibility index (Phi) is 5.80. The molecule has 6 heteroatoms. The largest absolute Gasteiger partial charge is 0.490 e. The topological polar surface area (TPSA) is 73.6 Å². The monoisotopic (exact) mass is 294 g/mol. The fraction of sp³-hybridized carbons (Fsp3) is 0.600. The molecule has 0 amide bonds. The average Bonchev–Trinajstić information content (AvgIpc) is 2.52. The van der Waals surface area contributed by atoms with Gasteiger partial charge in [0.1, 0.15) is 0 Å². The van der Waals surface area contributed by atoms with E-state index >= 15 is 0 Å². The minimum absolute atomic E-state index is 0.0264. The van der Waals surface area contributed by atoms with Gasteiger partial charge in [-0.3, -0.25) is 10.1 Å². The van der Waals surface area contributed by atoms with Crippen LogP contribution in [0.15, 0.2) is 18.2 Å². The van der Waals surface area contributed by atoms with Crippen LogP contribution < -0.4 is 10.1 Å². The predicted molar refractivity (Wildman–Crippen MR) is 81.0 cm³/mol. The van der Waals surface area contributed by atoms with Gasteiger partial charge in [0.05, 0.1) is 24.7 Å². The highest BCUT2D eigenvalue weighted by Crippen LogP contribution is 2.29. The summed E-state index contributed by atoms with van der Waals surface area (Å²) in [6.07, 6.45) is 6.55. The van der Waals surface area contributed by atoms with Crippen molar-refractivity contribution in [3.63, 3.8) is 0 Å². The lowest BCUT2D eigenvalue weighted by Crippen LogP contribution is -2.20. The van der Waals surface area contributed by atoms with Crippen LogP contribution in [-0.2, 0) is 4.74 Å². The van der Waals surface area contributed by atoms with Gasteiger partial charge >= 0.3 is 5.69 Å². The molecular formula is C15H22N2O4. The fourth-order valence-corrected chi connectivity index (χ4v) is 2.59. The summed E-state index contributed by atoms with van der Waals surface area (Å²) < 4.78 is 10.9. The number of methoxy groups -OCH3 is 1. The lowest BCUT2D eigenvalue weighted by molar-refractivity contribution is -0.385. The van der Waals surface area contributed by atoms with Crippen molar-refractivity contribution in [2.24, 2.45) is 0 Å². The van der Waals surface area contributed by atoms with E-state index in [2.05, 4.69) is 5.32 Å². The second-order valence-corrected chi connectivity index (χ2v) is 5.20. The van der Waals surface area contributed by atoms with E-state index in [0.717, 1.165) is 18.5 Å². The molecule has 6 nitrogen and oxygen atoms in total. The van der Waals surface area contributed by atoms with E-state index in [1.54, 1.807) is 12.1 Å². The highest BCUT2D eigenvalue weighted by molar-refractivity contribution is 5.57. The number of nitrogens with zero attached hydrogens (tertiary/aromatic N) is 1. The average molecular weight is 294 g/mol. The predicted octanol–water partition coefficient (Wildman–Crippen LogP) is 3.36. The third-order valence-electron chi connectivity index (χ3n) is 3.71. The quantitative estimate of drug-likeness (QED) is 0.474. The summed E-state index contributed by atoms with van der Waals surface area (Å²) >= 11 is 0. The number of nitro groups is 1. The Bertz CT molecular complexity index is 473. The first kappa shape index (κ1) is 15.6. The molecular weight excluding hydrogens is 272 g/mol. The Labute approximate surface area is 124 Å². The zero-order valence-corrected chi connectivity index (χ0v) is 12.3. The van der Waals surface area contributed by atoms with E-state index in [4.69, 9.17) is 9.47 Å². The lowest BCUT2D eigenvalue weighted by atomic mass is 9.98. The molecule has 0 saturated heterocycles. The molecule has 0 atom stereocenters. The molecule has 21 heavy (non-hydrogen) atoms. The Morgan fingerprint density at radius 2 is 2.10 bits per heavy atom. The molecule has 1 aromatic rings. The van der Waals surface area contributed by atoms with Crippen molar-refractivity contribution >= 4 is 11.4 Å². The van der Waals surface area contributed by atoms with Crippen molar-refractivity contribution in [1.29, 1.82) is 0 Å². The zero-order valence-electron chi connectivity index (χ0n) is 12.3. The molecule has 1 aliphatic rings. The molecule has 0 aromatic heterocycles. The molecule has 0 unspecified atom stereocenters. The van der Waals surface area contributed by atoms with Gasteiger partial charge in [0.25, 0.3) is 0 Å². The lowest BCUT2D eigenvalue weighted by Gasteiger charge is -2.22. The maximum Gasteiger partial charge on any atom is 0.311 e. The molecule has 1 N–H and O–H groups in total. The van der Waals surface area contributed by atoms with Gasteiger partial charge in [-0.2, -0.15) is 0 Å². The highest BCUT2D eigenvalue weighted by Gasteiger charge is 2.15. The first-order chi connectivity index (χ1) is 10.2. The van der Waals surface area contributed by atoms with Crippen molar-refractivity contribution in [3.8, 4) is 5.75 Å². The number of benzene rings is 1. The van der Waals surface area contributed by atoms with Gasteiger partial charge < -0.3 is 14.8 Å². The van der Waals surface area contributed by atoms with Crippen LogP contribution in [-0.4, -0.2) is 31.3 Å². The number of hydrogen-bond donors (Lipinski definition) is 1. The van der Waals surface area contributed by atoms with Crippen LogP contribution in [0, 0.1) is 10.1 Å². The van der Waals surface area contributed by atoms with Gasteiger partial charge in [-0.1, -0.05) is 19.3 Å². The summed E-state index contributed by atoms with van der Waals surface area (Å²) in [6, 6.07) is 4.77.